The quantitative estimate of drug-likeness (QED) is 0.738. The lowest BCUT2D eigenvalue weighted by molar-refractivity contribution is 0.0584. The lowest BCUT2D eigenvalue weighted by Crippen LogP contribution is -2.35. The highest BCUT2D eigenvalue weighted by molar-refractivity contribution is 6.29. The highest BCUT2D eigenvalue weighted by Crippen LogP contribution is 2.35. The van der Waals surface area contributed by atoms with Crippen molar-refractivity contribution >= 4 is 23.4 Å². The van der Waals surface area contributed by atoms with E-state index in [9.17, 15) is 4.79 Å². The Labute approximate surface area is 140 Å². The third kappa shape index (κ3) is 3.29. The number of nitrogens with zero attached hydrogens (tertiary/aromatic N) is 3. The molecule has 0 radical (unpaired) electrons. The average Bonchev–Trinajstić information content (AvgIpc) is 2.89. The van der Waals surface area contributed by atoms with Crippen LogP contribution < -0.4 is 4.90 Å². The molecule has 0 fully saturated rings. The second kappa shape index (κ2) is 5.81. The molecule has 0 aliphatic carbocycles. The first-order chi connectivity index (χ1) is 10.8. The Bertz CT molecular complexity index is 756. The minimum Gasteiger partial charge on any atom is -0.443 e. The van der Waals surface area contributed by atoms with Gasteiger partial charge in [0.15, 0.2) is 0 Å². The van der Waals surface area contributed by atoms with Crippen LogP contribution in [0.3, 0.4) is 0 Å². The molecule has 1 aliphatic heterocycles. The molecule has 0 aromatic carbocycles. The third-order valence-electron chi connectivity index (χ3n) is 3.52. The van der Waals surface area contributed by atoms with Gasteiger partial charge in [0.1, 0.15) is 10.8 Å². The van der Waals surface area contributed by atoms with Crippen LogP contribution in [-0.2, 0) is 11.2 Å². The summed E-state index contributed by atoms with van der Waals surface area (Å²) in [4.78, 5) is 22.6. The van der Waals surface area contributed by atoms with E-state index < -0.39 is 5.60 Å². The maximum absolute atomic E-state index is 12.4. The van der Waals surface area contributed by atoms with Gasteiger partial charge < -0.3 is 4.74 Å². The number of carbonyl (C=O) groups excluding carboxylic acids is 1. The van der Waals surface area contributed by atoms with Gasteiger partial charge in [-0.15, -0.1) is 0 Å². The van der Waals surface area contributed by atoms with Gasteiger partial charge in [0.2, 0.25) is 0 Å². The summed E-state index contributed by atoms with van der Waals surface area (Å²) in [5.41, 5.74) is 2.95. The largest absolute Gasteiger partial charge is 0.443 e. The number of rotatable bonds is 1. The maximum atomic E-state index is 12.4. The molecule has 3 rings (SSSR count). The molecule has 0 saturated carbocycles. The van der Waals surface area contributed by atoms with E-state index in [0.29, 0.717) is 11.7 Å². The number of hydrogen-bond acceptors (Lipinski definition) is 4. The van der Waals surface area contributed by atoms with Crippen molar-refractivity contribution in [2.75, 3.05) is 11.4 Å². The standard InChI is InChI=1S/C17H18ClN3O2/c1-17(2,3)23-16(22)21-8-7-11-12(9-19-10-14(11)21)13-5-4-6-15(18)20-13/h4-6,9-10H,7-8H2,1-3H3. The van der Waals surface area contributed by atoms with E-state index in [-0.39, 0.29) is 6.09 Å². The number of halogens is 1. The molecule has 1 amide bonds. The molecular formula is C17H18ClN3O2. The number of amides is 1. The zero-order chi connectivity index (χ0) is 16.6. The predicted octanol–water partition coefficient (Wildman–Crippen LogP) is 4.09. The van der Waals surface area contributed by atoms with E-state index >= 15 is 0 Å². The zero-order valence-electron chi connectivity index (χ0n) is 13.3. The average molecular weight is 332 g/mol. The van der Waals surface area contributed by atoms with Gasteiger partial charge in [0.25, 0.3) is 0 Å². The molecule has 2 aromatic heterocycles. The molecule has 0 N–H and O–H groups in total. The van der Waals surface area contributed by atoms with Crippen molar-refractivity contribution in [2.45, 2.75) is 32.8 Å². The molecule has 0 bridgehead atoms. The van der Waals surface area contributed by atoms with Crippen LogP contribution in [-0.4, -0.2) is 28.2 Å². The Morgan fingerprint density at radius 2 is 2.09 bits per heavy atom. The predicted molar refractivity (Wildman–Crippen MR) is 89.8 cm³/mol. The van der Waals surface area contributed by atoms with Crippen LogP contribution >= 0.6 is 11.6 Å². The molecule has 0 unspecified atom stereocenters. The van der Waals surface area contributed by atoms with E-state index in [1.165, 1.54) is 0 Å². The molecule has 2 aromatic rings. The lowest BCUT2D eigenvalue weighted by atomic mass is 10.0. The SMILES string of the molecule is CC(C)(C)OC(=O)N1CCc2c(-c3cccc(Cl)n3)cncc21. The van der Waals surface area contributed by atoms with Crippen molar-refractivity contribution in [2.24, 2.45) is 0 Å². The Kier molecular flexibility index (Phi) is 3.98. The first-order valence-corrected chi connectivity index (χ1v) is 7.83. The first kappa shape index (κ1) is 15.7. The smallest absolute Gasteiger partial charge is 0.414 e. The van der Waals surface area contributed by atoms with Gasteiger partial charge in [0.05, 0.1) is 17.6 Å². The molecule has 0 atom stereocenters. The van der Waals surface area contributed by atoms with Gasteiger partial charge in [-0.25, -0.2) is 9.78 Å². The molecule has 6 heteroatoms. The Hall–Kier alpha value is -2.14. The summed E-state index contributed by atoms with van der Waals surface area (Å²) in [6, 6.07) is 5.47. The van der Waals surface area contributed by atoms with Crippen LogP contribution in [0.1, 0.15) is 26.3 Å². The van der Waals surface area contributed by atoms with Gasteiger partial charge in [0, 0.05) is 18.3 Å². The van der Waals surface area contributed by atoms with Crippen molar-refractivity contribution < 1.29 is 9.53 Å². The molecule has 23 heavy (non-hydrogen) atoms. The van der Waals surface area contributed by atoms with Gasteiger partial charge in [-0.3, -0.25) is 9.88 Å². The summed E-state index contributed by atoms with van der Waals surface area (Å²) in [5, 5.41) is 0.432. The topological polar surface area (TPSA) is 55.3 Å². The molecule has 5 nitrogen and oxygen atoms in total. The van der Waals surface area contributed by atoms with Crippen LogP contribution in [0.2, 0.25) is 5.15 Å². The van der Waals surface area contributed by atoms with Crippen LogP contribution in [0.4, 0.5) is 10.5 Å². The number of hydrogen-bond donors (Lipinski definition) is 0. The fraction of sp³-hybridized carbons (Fsp3) is 0.353. The van der Waals surface area contributed by atoms with Gasteiger partial charge in [-0.1, -0.05) is 17.7 Å². The fourth-order valence-electron chi connectivity index (χ4n) is 2.60. The van der Waals surface area contributed by atoms with Crippen LogP contribution in [0.25, 0.3) is 11.3 Å². The summed E-state index contributed by atoms with van der Waals surface area (Å²) in [5.74, 6) is 0. The van der Waals surface area contributed by atoms with Gasteiger partial charge in [-0.05, 0) is 44.9 Å². The minimum absolute atomic E-state index is 0.353. The molecule has 3 heterocycles. The van der Waals surface area contributed by atoms with Crippen molar-refractivity contribution in [1.82, 2.24) is 9.97 Å². The molecule has 1 aliphatic rings. The second-order valence-corrected chi connectivity index (χ2v) is 6.80. The molecule has 120 valence electrons. The highest BCUT2D eigenvalue weighted by Gasteiger charge is 2.31. The number of anilines is 1. The normalized spacial score (nSPS) is 13.8. The number of aromatic nitrogens is 2. The summed E-state index contributed by atoms with van der Waals surface area (Å²) in [7, 11) is 0. The first-order valence-electron chi connectivity index (χ1n) is 7.45. The van der Waals surface area contributed by atoms with E-state index in [1.54, 1.807) is 23.4 Å². The van der Waals surface area contributed by atoms with Crippen LogP contribution in [0, 0.1) is 0 Å². The van der Waals surface area contributed by atoms with E-state index in [1.807, 2.05) is 32.9 Å². The van der Waals surface area contributed by atoms with Crippen LogP contribution in [0.5, 0.6) is 0 Å². The second-order valence-electron chi connectivity index (χ2n) is 6.41. The zero-order valence-corrected chi connectivity index (χ0v) is 14.1. The van der Waals surface area contributed by atoms with E-state index in [4.69, 9.17) is 16.3 Å². The maximum Gasteiger partial charge on any atom is 0.414 e. The van der Waals surface area contributed by atoms with Crippen LogP contribution in [0.15, 0.2) is 30.6 Å². The van der Waals surface area contributed by atoms with Crippen molar-refractivity contribution in [1.29, 1.82) is 0 Å². The number of carbonyl (C=O) groups is 1. The molecule has 0 spiro atoms. The van der Waals surface area contributed by atoms with Crippen molar-refractivity contribution in [3.63, 3.8) is 0 Å². The Balaban J connectivity index is 1.96. The molecular weight excluding hydrogens is 314 g/mol. The number of fused-ring (bicyclic) bond motifs is 1. The van der Waals surface area contributed by atoms with Gasteiger partial charge >= 0.3 is 6.09 Å². The molecule has 0 saturated heterocycles. The lowest BCUT2D eigenvalue weighted by Gasteiger charge is -2.24. The monoisotopic (exact) mass is 331 g/mol. The van der Waals surface area contributed by atoms with Gasteiger partial charge in [-0.2, -0.15) is 0 Å². The summed E-state index contributed by atoms with van der Waals surface area (Å²) in [6.07, 6.45) is 3.84. The summed E-state index contributed by atoms with van der Waals surface area (Å²) in [6.45, 7) is 6.13. The Morgan fingerprint density at radius 3 is 2.78 bits per heavy atom. The summed E-state index contributed by atoms with van der Waals surface area (Å²) < 4.78 is 5.47. The third-order valence-corrected chi connectivity index (χ3v) is 3.73. The Morgan fingerprint density at radius 1 is 1.30 bits per heavy atom. The van der Waals surface area contributed by atoms with Crippen molar-refractivity contribution in [3.05, 3.63) is 41.3 Å². The van der Waals surface area contributed by atoms with Crippen molar-refractivity contribution in [3.8, 4) is 11.3 Å². The summed E-state index contributed by atoms with van der Waals surface area (Å²) >= 11 is 5.98. The number of ether oxygens (including phenoxy) is 1. The minimum atomic E-state index is -0.528. The highest BCUT2D eigenvalue weighted by atomic mass is 35.5. The van der Waals surface area contributed by atoms with E-state index in [0.717, 1.165) is 28.9 Å². The number of pyridine rings is 2. The van der Waals surface area contributed by atoms with E-state index in [2.05, 4.69) is 9.97 Å². The fourth-order valence-corrected chi connectivity index (χ4v) is 2.77.